The van der Waals surface area contributed by atoms with E-state index in [0.29, 0.717) is 0 Å². The van der Waals surface area contributed by atoms with Crippen molar-refractivity contribution in [2.45, 2.75) is 19.8 Å². The number of hydrogen-bond donors (Lipinski definition) is 2. The van der Waals surface area contributed by atoms with Gasteiger partial charge < -0.3 is 15.4 Å². The Morgan fingerprint density at radius 3 is 2.78 bits per heavy atom. The maximum Gasteiger partial charge on any atom is 0.143 e. The molecule has 1 aromatic rings. The topological polar surface area (TPSA) is 33.3 Å². The standard InChI is InChI=1S/C14H21BrN2O/c1-10-7-12(15)8-13(18-2)14(10)17-9-11-3-5-16-6-4-11/h7-8,11,16-17H,3-6,9H2,1-2H3. The number of halogens is 1. The van der Waals surface area contributed by atoms with Gasteiger partial charge in [-0.1, -0.05) is 15.9 Å². The summed E-state index contributed by atoms with van der Waals surface area (Å²) in [6, 6.07) is 4.13. The Kier molecular flexibility index (Phi) is 4.89. The van der Waals surface area contributed by atoms with Crippen molar-refractivity contribution in [1.82, 2.24) is 5.32 Å². The Labute approximate surface area is 117 Å². The van der Waals surface area contributed by atoms with Gasteiger partial charge in [-0.2, -0.15) is 0 Å². The molecule has 18 heavy (non-hydrogen) atoms. The lowest BCUT2D eigenvalue weighted by atomic mass is 9.98. The van der Waals surface area contributed by atoms with Crippen LogP contribution in [0.4, 0.5) is 5.69 Å². The highest BCUT2D eigenvalue weighted by atomic mass is 79.9. The van der Waals surface area contributed by atoms with Gasteiger partial charge in [0.2, 0.25) is 0 Å². The molecular formula is C14H21BrN2O. The molecule has 1 heterocycles. The fraction of sp³-hybridized carbons (Fsp3) is 0.571. The number of aryl methyl sites for hydroxylation is 1. The number of anilines is 1. The Morgan fingerprint density at radius 2 is 2.11 bits per heavy atom. The van der Waals surface area contributed by atoms with E-state index in [1.165, 1.54) is 18.4 Å². The van der Waals surface area contributed by atoms with Crippen molar-refractivity contribution in [3.05, 3.63) is 22.2 Å². The molecular weight excluding hydrogens is 292 g/mol. The lowest BCUT2D eigenvalue weighted by Gasteiger charge is -2.24. The lowest BCUT2D eigenvalue weighted by Crippen LogP contribution is -2.31. The minimum Gasteiger partial charge on any atom is -0.495 e. The number of methoxy groups -OCH3 is 1. The summed E-state index contributed by atoms with van der Waals surface area (Å²) >= 11 is 3.50. The molecule has 2 rings (SSSR count). The van der Waals surface area contributed by atoms with E-state index in [0.717, 1.165) is 41.5 Å². The number of ether oxygens (including phenoxy) is 1. The molecule has 1 aliphatic heterocycles. The highest BCUT2D eigenvalue weighted by Gasteiger charge is 2.14. The Balaban J connectivity index is 2.03. The van der Waals surface area contributed by atoms with E-state index < -0.39 is 0 Å². The zero-order valence-corrected chi connectivity index (χ0v) is 12.6. The smallest absolute Gasteiger partial charge is 0.143 e. The van der Waals surface area contributed by atoms with Crippen molar-refractivity contribution in [2.24, 2.45) is 5.92 Å². The van der Waals surface area contributed by atoms with E-state index in [1.807, 2.05) is 6.07 Å². The van der Waals surface area contributed by atoms with Gasteiger partial charge in [-0.15, -0.1) is 0 Å². The van der Waals surface area contributed by atoms with Gasteiger partial charge in [0.25, 0.3) is 0 Å². The monoisotopic (exact) mass is 312 g/mol. The molecule has 0 aliphatic carbocycles. The minimum atomic E-state index is 0.763. The maximum atomic E-state index is 5.44. The van der Waals surface area contributed by atoms with Crippen LogP contribution >= 0.6 is 15.9 Å². The number of nitrogens with one attached hydrogen (secondary N) is 2. The van der Waals surface area contributed by atoms with Crippen LogP contribution < -0.4 is 15.4 Å². The molecule has 3 nitrogen and oxygen atoms in total. The van der Waals surface area contributed by atoms with Crippen LogP contribution in [0.25, 0.3) is 0 Å². The summed E-state index contributed by atoms with van der Waals surface area (Å²) in [5, 5.41) is 6.95. The van der Waals surface area contributed by atoms with Crippen molar-refractivity contribution in [3.63, 3.8) is 0 Å². The van der Waals surface area contributed by atoms with E-state index in [1.54, 1.807) is 7.11 Å². The fourth-order valence-electron chi connectivity index (χ4n) is 2.43. The number of hydrogen-bond acceptors (Lipinski definition) is 3. The second kappa shape index (κ2) is 6.43. The number of benzene rings is 1. The van der Waals surface area contributed by atoms with Crippen molar-refractivity contribution in [2.75, 3.05) is 32.1 Å². The zero-order chi connectivity index (χ0) is 13.0. The summed E-state index contributed by atoms with van der Waals surface area (Å²) in [6.45, 7) is 5.42. The third-order valence-corrected chi connectivity index (χ3v) is 3.97. The molecule has 0 saturated carbocycles. The number of rotatable bonds is 4. The van der Waals surface area contributed by atoms with Gasteiger partial charge in [0.1, 0.15) is 5.75 Å². The molecule has 4 heteroatoms. The van der Waals surface area contributed by atoms with Crippen LogP contribution in [-0.4, -0.2) is 26.7 Å². The van der Waals surface area contributed by atoms with Gasteiger partial charge in [-0.3, -0.25) is 0 Å². The summed E-state index contributed by atoms with van der Waals surface area (Å²) < 4.78 is 6.50. The largest absolute Gasteiger partial charge is 0.495 e. The molecule has 1 aromatic carbocycles. The van der Waals surface area contributed by atoms with Crippen LogP contribution in [0.2, 0.25) is 0 Å². The maximum absolute atomic E-state index is 5.44. The molecule has 2 N–H and O–H groups in total. The first-order chi connectivity index (χ1) is 8.70. The van der Waals surface area contributed by atoms with E-state index in [-0.39, 0.29) is 0 Å². The van der Waals surface area contributed by atoms with Gasteiger partial charge in [-0.25, -0.2) is 0 Å². The molecule has 0 bridgehead atoms. The fourth-order valence-corrected chi connectivity index (χ4v) is 2.98. The highest BCUT2D eigenvalue weighted by Crippen LogP contribution is 2.32. The second-order valence-corrected chi connectivity index (χ2v) is 5.79. The summed E-state index contributed by atoms with van der Waals surface area (Å²) in [4.78, 5) is 0. The van der Waals surface area contributed by atoms with Gasteiger partial charge in [-0.05, 0) is 56.5 Å². The molecule has 0 unspecified atom stereocenters. The van der Waals surface area contributed by atoms with Crippen molar-refractivity contribution in [3.8, 4) is 5.75 Å². The summed E-state index contributed by atoms with van der Waals surface area (Å²) in [6.07, 6.45) is 2.51. The third-order valence-electron chi connectivity index (χ3n) is 3.51. The predicted octanol–water partition coefficient (Wildman–Crippen LogP) is 3.18. The molecule has 0 spiro atoms. The average Bonchev–Trinajstić information content (AvgIpc) is 2.38. The van der Waals surface area contributed by atoms with Crippen LogP contribution in [0.15, 0.2) is 16.6 Å². The second-order valence-electron chi connectivity index (χ2n) is 4.87. The molecule has 0 atom stereocenters. The quantitative estimate of drug-likeness (QED) is 0.896. The van der Waals surface area contributed by atoms with Crippen LogP contribution in [0, 0.1) is 12.8 Å². The SMILES string of the molecule is COc1cc(Br)cc(C)c1NCC1CCNCC1. The Morgan fingerprint density at radius 1 is 1.39 bits per heavy atom. The third kappa shape index (κ3) is 3.39. The van der Waals surface area contributed by atoms with Gasteiger partial charge >= 0.3 is 0 Å². The van der Waals surface area contributed by atoms with E-state index in [4.69, 9.17) is 4.74 Å². The first kappa shape index (κ1) is 13.7. The molecule has 100 valence electrons. The van der Waals surface area contributed by atoms with Crippen LogP contribution in [0.1, 0.15) is 18.4 Å². The van der Waals surface area contributed by atoms with Crippen molar-refractivity contribution >= 4 is 21.6 Å². The molecule has 1 aliphatic rings. The van der Waals surface area contributed by atoms with E-state index in [9.17, 15) is 0 Å². The van der Waals surface area contributed by atoms with Crippen molar-refractivity contribution in [1.29, 1.82) is 0 Å². The van der Waals surface area contributed by atoms with E-state index in [2.05, 4.69) is 39.6 Å². The van der Waals surface area contributed by atoms with Crippen LogP contribution in [-0.2, 0) is 0 Å². The molecule has 0 radical (unpaired) electrons. The van der Waals surface area contributed by atoms with Crippen LogP contribution in [0.3, 0.4) is 0 Å². The highest BCUT2D eigenvalue weighted by molar-refractivity contribution is 9.10. The summed E-state index contributed by atoms with van der Waals surface area (Å²) in [5.74, 6) is 1.68. The van der Waals surface area contributed by atoms with Crippen molar-refractivity contribution < 1.29 is 4.74 Å². The minimum absolute atomic E-state index is 0.763. The molecule has 0 aromatic heterocycles. The average molecular weight is 313 g/mol. The summed E-state index contributed by atoms with van der Waals surface area (Å²) in [7, 11) is 1.72. The molecule has 0 amide bonds. The molecule has 1 saturated heterocycles. The van der Waals surface area contributed by atoms with E-state index >= 15 is 0 Å². The first-order valence-electron chi connectivity index (χ1n) is 6.49. The summed E-state index contributed by atoms with van der Waals surface area (Å²) in [5.41, 5.74) is 2.34. The molecule has 1 fully saturated rings. The van der Waals surface area contributed by atoms with Gasteiger partial charge in [0.05, 0.1) is 12.8 Å². The number of piperidine rings is 1. The van der Waals surface area contributed by atoms with Crippen LogP contribution in [0.5, 0.6) is 5.75 Å². The lowest BCUT2D eigenvalue weighted by molar-refractivity contribution is 0.387. The normalized spacial score (nSPS) is 16.6. The Bertz CT molecular complexity index is 403. The predicted molar refractivity (Wildman–Crippen MR) is 79.5 cm³/mol. The van der Waals surface area contributed by atoms with Gasteiger partial charge in [0.15, 0.2) is 0 Å². The van der Waals surface area contributed by atoms with Gasteiger partial charge in [0, 0.05) is 11.0 Å². The zero-order valence-electron chi connectivity index (χ0n) is 11.1. The Hall–Kier alpha value is -0.740. The first-order valence-corrected chi connectivity index (χ1v) is 7.28.